The van der Waals surface area contributed by atoms with E-state index in [-0.39, 0.29) is 11.5 Å². The normalized spacial score (nSPS) is 10.6. The van der Waals surface area contributed by atoms with Crippen LogP contribution >= 0.6 is 0 Å². The summed E-state index contributed by atoms with van der Waals surface area (Å²) in [4.78, 5) is 23.1. The Bertz CT molecular complexity index is 526. The van der Waals surface area contributed by atoms with E-state index in [2.05, 4.69) is 12.2 Å². The molecule has 0 atom stereocenters. The summed E-state index contributed by atoms with van der Waals surface area (Å²) < 4.78 is 0. The number of hydrogen-bond acceptors (Lipinski definition) is 2. The van der Waals surface area contributed by atoms with E-state index in [1.807, 2.05) is 0 Å². The Balaban J connectivity index is 2.21. The first-order valence-electron chi connectivity index (χ1n) is 9.19. The summed E-state index contributed by atoms with van der Waals surface area (Å²) in [6.07, 6.45) is 11.5. The monoisotopic (exact) mass is 333 g/mol. The molecule has 0 aromatic heterocycles. The van der Waals surface area contributed by atoms with Crippen LogP contribution < -0.4 is 5.32 Å². The number of anilines is 1. The topological polar surface area (TPSA) is 66.4 Å². The molecule has 0 saturated carbocycles. The summed E-state index contributed by atoms with van der Waals surface area (Å²) >= 11 is 0. The number of benzene rings is 1. The molecular weight excluding hydrogens is 302 g/mol. The van der Waals surface area contributed by atoms with E-state index < -0.39 is 5.97 Å². The highest BCUT2D eigenvalue weighted by Gasteiger charge is 2.11. The van der Waals surface area contributed by atoms with Crippen LogP contribution in [0, 0.1) is 6.92 Å². The van der Waals surface area contributed by atoms with Crippen LogP contribution in [0.25, 0.3) is 0 Å². The molecule has 1 amide bonds. The summed E-state index contributed by atoms with van der Waals surface area (Å²) in [5, 5.41) is 11.9. The van der Waals surface area contributed by atoms with Gasteiger partial charge in [0.15, 0.2) is 0 Å². The van der Waals surface area contributed by atoms with Crippen molar-refractivity contribution in [3.8, 4) is 0 Å². The molecule has 0 saturated heterocycles. The molecule has 0 fully saturated rings. The number of hydrogen-bond donors (Lipinski definition) is 2. The van der Waals surface area contributed by atoms with Crippen molar-refractivity contribution in [3.63, 3.8) is 0 Å². The largest absolute Gasteiger partial charge is 0.478 e. The molecule has 1 aromatic carbocycles. The van der Waals surface area contributed by atoms with Crippen molar-refractivity contribution in [2.45, 2.75) is 78.1 Å². The number of unbranched alkanes of at least 4 members (excludes halogenated alkanes) is 8. The summed E-state index contributed by atoms with van der Waals surface area (Å²) in [7, 11) is 0. The van der Waals surface area contributed by atoms with Gasteiger partial charge in [-0.2, -0.15) is 0 Å². The molecule has 0 radical (unpaired) electrons. The van der Waals surface area contributed by atoms with E-state index in [9.17, 15) is 9.59 Å². The minimum Gasteiger partial charge on any atom is -0.478 e. The van der Waals surface area contributed by atoms with Gasteiger partial charge < -0.3 is 10.4 Å². The van der Waals surface area contributed by atoms with Gasteiger partial charge in [0.25, 0.3) is 0 Å². The molecule has 0 aliphatic heterocycles. The van der Waals surface area contributed by atoms with E-state index >= 15 is 0 Å². The van der Waals surface area contributed by atoms with Gasteiger partial charge in [-0.15, -0.1) is 0 Å². The predicted molar refractivity (Wildman–Crippen MR) is 98.6 cm³/mol. The van der Waals surface area contributed by atoms with Gasteiger partial charge in [0.2, 0.25) is 5.91 Å². The fraction of sp³-hybridized carbons (Fsp3) is 0.600. The van der Waals surface area contributed by atoms with Crippen LogP contribution in [0.4, 0.5) is 5.69 Å². The van der Waals surface area contributed by atoms with Crippen molar-refractivity contribution >= 4 is 17.6 Å². The number of carboxylic acids is 1. The van der Waals surface area contributed by atoms with Crippen molar-refractivity contribution in [1.29, 1.82) is 0 Å². The van der Waals surface area contributed by atoms with E-state index in [4.69, 9.17) is 5.11 Å². The van der Waals surface area contributed by atoms with Crippen molar-refractivity contribution in [2.24, 2.45) is 0 Å². The Kier molecular flexibility index (Phi) is 9.81. The molecule has 4 heteroatoms. The molecule has 4 nitrogen and oxygen atoms in total. The Morgan fingerprint density at radius 1 is 0.958 bits per heavy atom. The standard InChI is InChI=1S/C20H31NO3/c1-3-4-5-6-7-8-9-10-11-15-19(22)21-18-14-12-13-17(16(18)2)20(23)24/h12-14H,3-11,15H2,1-2H3,(H,21,22)(H,23,24). The van der Waals surface area contributed by atoms with Gasteiger partial charge in [0, 0.05) is 12.1 Å². The first-order valence-corrected chi connectivity index (χ1v) is 9.19. The number of aromatic carboxylic acids is 1. The highest BCUT2D eigenvalue weighted by Crippen LogP contribution is 2.19. The lowest BCUT2D eigenvalue weighted by atomic mass is 10.1. The Morgan fingerprint density at radius 2 is 1.54 bits per heavy atom. The summed E-state index contributed by atoms with van der Waals surface area (Å²) in [6, 6.07) is 4.95. The van der Waals surface area contributed by atoms with Gasteiger partial charge in [0.05, 0.1) is 5.56 Å². The lowest BCUT2D eigenvalue weighted by molar-refractivity contribution is -0.116. The molecule has 24 heavy (non-hydrogen) atoms. The molecule has 0 heterocycles. The molecule has 2 N–H and O–H groups in total. The molecule has 134 valence electrons. The van der Waals surface area contributed by atoms with Gasteiger partial charge in [-0.1, -0.05) is 64.4 Å². The number of amides is 1. The summed E-state index contributed by atoms with van der Waals surface area (Å²) in [5.74, 6) is -1.01. The summed E-state index contributed by atoms with van der Waals surface area (Å²) in [6.45, 7) is 3.95. The molecule has 0 unspecified atom stereocenters. The van der Waals surface area contributed by atoms with E-state index in [1.54, 1.807) is 25.1 Å². The highest BCUT2D eigenvalue weighted by atomic mass is 16.4. The minimum absolute atomic E-state index is 0.0383. The van der Waals surface area contributed by atoms with Crippen LogP contribution in [0.2, 0.25) is 0 Å². The lowest BCUT2D eigenvalue weighted by Gasteiger charge is -2.10. The SMILES string of the molecule is CCCCCCCCCCCC(=O)Nc1cccc(C(=O)O)c1C. The van der Waals surface area contributed by atoms with E-state index in [1.165, 1.54) is 44.9 Å². The average molecular weight is 333 g/mol. The molecule has 0 aliphatic carbocycles. The quantitative estimate of drug-likeness (QED) is 0.493. The average Bonchev–Trinajstić information content (AvgIpc) is 2.55. The Labute approximate surface area is 145 Å². The first kappa shape index (κ1) is 20.2. The highest BCUT2D eigenvalue weighted by molar-refractivity contribution is 5.95. The van der Waals surface area contributed by atoms with Gasteiger partial charge in [-0.05, 0) is 31.0 Å². The first-order chi connectivity index (χ1) is 11.6. The number of rotatable bonds is 12. The minimum atomic E-state index is -0.970. The zero-order valence-electron chi connectivity index (χ0n) is 15.1. The molecule has 0 aliphatic rings. The fourth-order valence-corrected chi connectivity index (χ4v) is 2.81. The second-order valence-corrected chi connectivity index (χ2v) is 6.41. The second kappa shape index (κ2) is 11.7. The number of nitrogens with one attached hydrogen (secondary N) is 1. The summed E-state index contributed by atoms with van der Waals surface area (Å²) in [5.41, 5.74) is 1.43. The Morgan fingerprint density at radius 3 is 2.12 bits per heavy atom. The van der Waals surface area contributed by atoms with Crippen molar-refractivity contribution in [2.75, 3.05) is 5.32 Å². The molecule has 0 bridgehead atoms. The van der Waals surface area contributed by atoms with E-state index in [0.29, 0.717) is 17.7 Å². The third-order valence-electron chi connectivity index (χ3n) is 4.35. The number of carbonyl (C=O) groups excluding carboxylic acids is 1. The fourth-order valence-electron chi connectivity index (χ4n) is 2.81. The van der Waals surface area contributed by atoms with Gasteiger partial charge in [0.1, 0.15) is 0 Å². The van der Waals surface area contributed by atoms with Crippen LogP contribution in [0.15, 0.2) is 18.2 Å². The molecular formula is C20H31NO3. The van der Waals surface area contributed by atoms with Crippen LogP contribution in [0.5, 0.6) is 0 Å². The van der Waals surface area contributed by atoms with Crippen molar-refractivity contribution in [3.05, 3.63) is 29.3 Å². The maximum atomic E-state index is 12.0. The third kappa shape index (κ3) is 7.62. The zero-order chi connectivity index (χ0) is 17.8. The van der Waals surface area contributed by atoms with Crippen molar-refractivity contribution < 1.29 is 14.7 Å². The zero-order valence-corrected chi connectivity index (χ0v) is 15.1. The number of carbonyl (C=O) groups is 2. The molecule has 1 aromatic rings. The van der Waals surface area contributed by atoms with Gasteiger partial charge in [-0.3, -0.25) is 4.79 Å². The molecule has 0 spiro atoms. The van der Waals surface area contributed by atoms with Crippen LogP contribution in [0.3, 0.4) is 0 Å². The van der Waals surface area contributed by atoms with E-state index in [0.717, 1.165) is 12.8 Å². The Hall–Kier alpha value is -1.84. The van der Waals surface area contributed by atoms with Gasteiger partial charge >= 0.3 is 5.97 Å². The number of carboxylic acid groups (broad SMARTS) is 1. The van der Waals surface area contributed by atoms with Crippen LogP contribution in [-0.2, 0) is 4.79 Å². The van der Waals surface area contributed by atoms with Gasteiger partial charge in [-0.25, -0.2) is 4.79 Å². The van der Waals surface area contributed by atoms with Crippen molar-refractivity contribution in [1.82, 2.24) is 0 Å². The smallest absolute Gasteiger partial charge is 0.336 e. The third-order valence-corrected chi connectivity index (χ3v) is 4.35. The lowest BCUT2D eigenvalue weighted by Crippen LogP contribution is -2.13. The van der Waals surface area contributed by atoms with Crippen LogP contribution in [0.1, 0.15) is 87.1 Å². The predicted octanol–water partition coefficient (Wildman–Crippen LogP) is 5.55. The second-order valence-electron chi connectivity index (χ2n) is 6.41. The van der Waals surface area contributed by atoms with Crippen LogP contribution in [-0.4, -0.2) is 17.0 Å². The maximum absolute atomic E-state index is 12.0. The molecule has 1 rings (SSSR count). The maximum Gasteiger partial charge on any atom is 0.336 e.